The van der Waals surface area contributed by atoms with E-state index in [9.17, 15) is 0 Å². The monoisotopic (exact) mass is 278 g/mol. The Morgan fingerprint density at radius 2 is 2.00 bits per heavy atom. The lowest BCUT2D eigenvalue weighted by Gasteiger charge is -2.47. The highest BCUT2D eigenvalue weighted by Crippen LogP contribution is 2.36. The Hall–Kier alpha value is -1.26. The molecule has 4 heteroatoms. The largest absolute Gasteiger partial charge is 0.497 e. The molecule has 4 nitrogen and oxygen atoms in total. The Morgan fingerprint density at radius 3 is 2.55 bits per heavy atom. The number of nitrogens with zero attached hydrogens (tertiary/aromatic N) is 1. The van der Waals surface area contributed by atoms with Crippen LogP contribution in [0.5, 0.6) is 5.75 Å². The van der Waals surface area contributed by atoms with E-state index in [4.69, 9.17) is 15.2 Å². The third kappa shape index (κ3) is 2.91. The molecule has 0 radical (unpaired) electrons. The number of ether oxygens (including phenoxy) is 2. The first kappa shape index (κ1) is 15.1. The fraction of sp³-hybridized carbons (Fsp3) is 0.625. The van der Waals surface area contributed by atoms with Crippen LogP contribution in [0.4, 0.5) is 5.69 Å². The standard InChI is InChI=1S/C16H26N2O2/c1-18(13-6-8-14(19-2)9-7-13)16(12-17)10-4-5-15(11-16)20-3/h6-9,15H,4-5,10-12,17H2,1-3H3. The molecule has 0 saturated heterocycles. The summed E-state index contributed by atoms with van der Waals surface area (Å²) in [4.78, 5) is 2.32. The average Bonchev–Trinajstić information content (AvgIpc) is 2.54. The fourth-order valence-corrected chi connectivity index (χ4v) is 3.19. The molecule has 2 rings (SSSR count). The van der Waals surface area contributed by atoms with Crippen molar-refractivity contribution in [1.29, 1.82) is 0 Å². The minimum Gasteiger partial charge on any atom is -0.497 e. The summed E-state index contributed by atoms with van der Waals surface area (Å²) in [7, 11) is 5.61. The lowest BCUT2D eigenvalue weighted by molar-refractivity contribution is 0.0423. The van der Waals surface area contributed by atoms with Gasteiger partial charge in [-0.15, -0.1) is 0 Å². The quantitative estimate of drug-likeness (QED) is 0.898. The second-order valence-electron chi connectivity index (χ2n) is 5.64. The average molecular weight is 278 g/mol. The van der Waals surface area contributed by atoms with Crippen molar-refractivity contribution < 1.29 is 9.47 Å². The zero-order valence-electron chi connectivity index (χ0n) is 12.8. The Bertz CT molecular complexity index is 421. The lowest BCUT2D eigenvalue weighted by Crippen LogP contribution is -2.56. The molecule has 20 heavy (non-hydrogen) atoms. The topological polar surface area (TPSA) is 47.7 Å². The number of benzene rings is 1. The third-order valence-electron chi connectivity index (χ3n) is 4.66. The Balaban J connectivity index is 2.20. The first-order valence-corrected chi connectivity index (χ1v) is 7.26. The van der Waals surface area contributed by atoms with Crippen molar-refractivity contribution in [2.75, 3.05) is 32.7 Å². The van der Waals surface area contributed by atoms with Crippen LogP contribution < -0.4 is 15.4 Å². The van der Waals surface area contributed by atoms with Gasteiger partial charge in [0.15, 0.2) is 0 Å². The molecule has 0 spiro atoms. The molecule has 1 saturated carbocycles. The van der Waals surface area contributed by atoms with Crippen LogP contribution in [-0.2, 0) is 4.74 Å². The van der Waals surface area contributed by atoms with E-state index in [-0.39, 0.29) is 5.54 Å². The lowest BCUT2D eigenvalue weighted by atomic mass is 9.78. The van der Waals surface area contributed by atoms with Crippen LogP contribution >= 0.6 is 0 Å². The van der Waals surface area contributed by atoms with Gasteiger partial charge >= 0.3 is 0 Å². The smallest absolute Gasteiger partial charge is 0.119 e. The maximum atomic E-state index is 6.13. The number of anilines is 1. The molecule has 0 heterocycles. The van der Waals surface area contributed by atoms with Crippen LogP contribution in [0.25, 0.3) is 0 Å². The molecule has 2 N–H and O–H groups in total. The zero-order chi connectivity index (χ0) is 14.6. The molecule has 1 fully saturated rings. The molecule has 1 aliphatic carbocycles. The Kier molecular flexibility index (Phi) is 4.89. The van der Waals surface area contributed by atoms with Gasteiger partial charge in [0.05, 0.1) is 18.8 Å². The Labute approximate surface area is 121 Å². The van der Waals surface area contributed by atoms with E-state index in [2.05, 4.69) is 24.1 Å². The molecule has 2 atom stereocenters. The van der Waals surface area contributed by atoms with E-state index < -0.39 is 0 Å². The molecule has 0 bridgehead atoms. The van der Waals surface area contributed by atoms with Crippen LogP contribution in [0.15, 0.2) is 24.3 Å². The van der Waals surface area contributed by atoms with Crippen molar-refractivity contribution in [3.05, 3.63) is 24.3 Å². The number of likely N-dealkylation sites (N-methyl/N-ethyl adjacent to an activating group) is 1. The molecule has 2 unspecified atom stereocenters. The van der Waals surface area contributed by atoms with Crippen LogP contribution in [0, 0.1) is 0 Å². The maximum absolute atomic E-state index is 6.13. The van der Waals surface area contributed by atoms with E-state index in [1.807, 2.05) is 12.1 Å². The maximum Gasteiger partial charge on any atom is 0.119 e. The normalized spacial score (nSPS) is 26.3. The molecule has 1 aromatic carbocycles. The Morgan fingerprint density at radius 1 is 1.30 bits per heavy atom. The number of hydrogen-bond donors (Lipinski definition) is 1. The van der Waals surface area contributed by atoms with Gasteiger partial charge in [-0.2, -0.15) is 0 Å². The van der Waals surface area contributed by atoms with Gasteiger partial charge in [0, 0.05) is 26.4 Å². The van der Waals surface area contributed by atoms with Crippen molar-refractivity contribution in [2.24, 2.45) is 5.73 Å². The molecule has 1 aliphatic rings. The van der Waals surface area contributed by atoms with Gasteiger partial charge < -0.3 is 20.1 Å². The van der Waals surface area contributed by atoms with Crippen molar-refractivity contribution in [2.45, 2.75) is 37.3 Å². The number of hydrogen-bond acceptors (Lipinski definition) is 4. The van der Waals surface area contributed by atoms with E-state index in [0.29, 0.717) is 12.6 Å². The van der Waals surface area contributed by atoms with Gasteiger partial charge in [-0.25, -0.2) is 0 Å². The molecular formula is C16H26N2O2. The summed E-state index contributed by atoms with van der Waals surface area (Å²) < 4.78 is 10.8. The fourth-order valence-electron chi connectivity index (χ4n) is 3.19. The molecule has 0 aromatic heterocycles. The first-order chi connectivity index (χ1) is 9.65. The van der Waals surface area contributed by atoms with Crippen LogP contribution in [0.1, 0.15) is 25.7 Å². The summed E-state index contributed by atoms with van der Waals surface area (Å²) in [5.74, 6) is 0.877. The van der Waals surface area contributed by atoms with Crippen molar-refractivity contribution in [1.82, 2.24) is 0 Å². The second-order valence-corrected chi connectivity index (χ2v) is 5.64. The minimum atomic E-state index is -0.00643. The highest BCUT2D eigenvalue weighted by Gasteiger charge is 2.39. The summed E-state index contributed by atoms with van der Waals surface area (Å²) in [5, 5.41) is 0. The van der Waals surface area contributed by atoms with Crippen molar-refractivity contribution in [3.63, 3.8) is 0 Å². The zero-order valence-corrected chi connectivity index (χ0v) is 12.8. The van der Waals surface area contributed by atoms with Gasteiger partial charge in [-0.05, 0) is 49.9 Å². The second kappa shape index (κ2) is 6.46. The molecule has 1 aromatic rings. The summed E-state index contributed by atoms with van der Waals surface area (Å²) in [6.45, 7) is 0.648. The van der Waals surface area contributed by atoms with Gasteiger partial charge in [0.25, 0.3) is 0 Å². The van der Waals surface area contributed by atoms with E-state index in [1.54, 1.807) is 14.2 Å². The minimum absolute atomic E-state index is 0.00643. The summed E-state index contributed by atoms with van der Waals surface area (Å²) in [6, 6.07) is 8.17. The molecular weight excluding hydrogens is 252 g/mol. The highest BCUT2D eigenvalue weighted by atomic mass is 16.5. The first-order valence-electron chi connectivity index (χ1n) is 7.26. The van der Waals surface area contributed by atoms with E-state index in [1.165, 1.54) is 5.69 Å². The van der Waals surface area contributed by atoms with Gasteiger partial charge in [-0.3, -0.25) is 0 Å². The number of methoxy groups -OCH3 is 2. The third-order valence-corrected chi connectivity index (χ3v) is 4.66. The number of nitrogens with two attached hydrogens (primary N) is 1. The molecule has 0 amide bonds. The SMILES string of the molecule is COc1ccc(N(C)C2(CN)CCCC(OC)C2)cc1. The molecule has 112 valence electrons. The summed E-state index contributed by atoms with van der Waals surface area (Å²) in [5.41, 5.74) is 7.30. The van der Waals surface area contributed by atoms with Crippen LogP contribution in [0.2, 0.25) is 0 Å². The van der Waals surface area contributed by atoms with Crippen molar-refractivity contribution >= 4 is 5.69 Å². The predicted molar refractivity (Wildman–Crippen MR) is 82.4 cm³/mol. The van der Waals surface area contributed by atoms with E-state index in [0.717, 1.165) is 31.4 Å². The summed E-state index contributed by atoms with van der Waals surface area (Å²) >= 11 is 0. The van der Waals surface area contributed by atoms with Crippen LogP contribution in [-0.4, -0.2) is 39.5 Å². The van der Waals surface area contributed by atoms with Gasteiger partial charge in [0.1, 0.15) is 5.75 Å². The predicted octanol–water partition coefficient (Wildman–Crippen LogP) is 2.42. The van der Waals surface area contributed by atoms with Crippen molar-refractivity contribution in [3.8, 4) is 5.75 Å². The van der Waals surface area contributed by atoms with E-state index >= 15 is 0 Å². The summed E-state index contributed by atoms with van der Waals surface area (Å²) in [6.07, 6.45) is 4.72. The number of rotatable bonds is 5. The van der Waals surface area contributed by atoms with Crippen LogP contribution in [0.3, 0.4) is 0 Å². The van der Waals surface area contributed by atoms with Gasteiger partial charge in [-0.1, -0.05) is 0 Å². The van der Waals surface area contributed by atoms with Gasteiger partial charge in [0.2, 0.25) is 0 Å². The highest BCUT2D eigenvalue weighted by molar-refractivity contribution is 5.51. The molecule has 0 aliphatic heterocycles.